The van der Waals surface area contributed by atoms with E-state index in [1.54, 1.807) is 11.6 Å². The highest BCUT2D eigenvalue weighted by atomic mass is 16.5. The molecule has 7 nitrogen and oxygen atoms in total. The average Bonchev–Trinajstić information content (AvgIpc) is 3.15. The van der Waals surface area contributed by atoms with E-state index in [9.17, 15) is 4.79 Å². The molecule has 1 N–H and O–H groups in total. The highest BCUT2D eigenvalue weighted by molar-refractivity contribution is 5.96. The zero-order valence-electron chi connectivity index (χ0n) is 15.9. The Morgan fingerprint density at radius 1 is 1.19 bits per heavy atom. The van der Waals surface area contributed by atoms with Crippen LogP contribution in [0.4, 0.5) is 0 Å². The molecule has 136 valence electrons. The van der Waals surface area contributed by atoms with Crippen LogP contribution in [0.3, 0.4) is 0 Å². The number of benzene rings is 1. The van der Waals surface area contributed by atoms with E-state index in [-0.39, 0.29) is 17.6 Å². The number of imidazole rings is 1. The first-order valence-electron chi connectivity index (χ1n) is 8.73. The lowest BCUT2D eigenvalue weighted by atomic mass is 9.86. The third kappa shape index (κ3) is 2.23. The summed E-state index contributed by atoms with van der Waals surface area (Å²) in [4.78, 5) is 15.3. The van der Waals surface area contributed by atoms with Gasteiger partial charge in [0.2, 0.25) is 0 Å². The first-order chi connectivity index (χ1) is 12.3. The second-order valence-electron chi connectivity index (χ2n) is 7.18. The number of H-pyrrole nitrogens is 1. The quantitative estimate of drug-likeness (QED) is 0.768. The fourth-order valence-corrected chi connectivity index (χ4v) is 4.16. The van der Waals surface area contributed by atoms with Crippen LogP contribution >= 0.6 is 0 Å². The lowest BCUT2D eigenvalue weighted by Gasteiger charge is -2.22. The summed E-state index contributed by atoms with van der Waals surface area (Å²) in [5.74, 6) is 0.886. The molecule has 0 saturated heterocycles. The summed E-state index contributed by atoms with van der Waals surface area (Å²) < 4.78 is 7.04. The van der Waals surface area contributed by atoms with E-state index in [0.29, 0.717) is 0 Å². The van der Waals surface area contributed by atoms with Crippen molar-refractivity contribution in [2.24, 2.45) is 12.1 Å². The minimum Gasteiger partial charge on any atom is -0.361 e. The van der Waals surface area contributed by atoms with Crippen LogP contribution in [0.2, 0.25) is 0 Å². The van der Waals surface area contributed by atoms with E-state index < -0.39 is 0 Å². The molecule has 1 aliphatic heterocycles. The molecule has 0 amide bonds. The summed E-state index contributed by atoms with van der Waals surface area (Å²) in [6.07, 6.45) is 0. The Morgan fingerprint density at radius 2 is 1.92 bits per heavy atom. The molecule has 2 atom stereocenters. The summed E-state index contributed by atoms with van der Waals surface area (Å²) in [6, 6.07) is 4.37. The number of fused-ring (bicyclic) bond motifs is 1. The van der Waals surface area contributed by atoms with Gasteiger partial charge in [0.1, 0.15) is 5.76 Å². The molecule has 0 aliphatic carbocycles. The van der Waals surface area contributed by atoms with Crippen LogP contribution in [0.5, 0.6) is 0 Å². The third-order valence-electron chi connectivity index (χ3n) is 5.52. The summed E-state index contributed by atoms with van der Waals surface area (Å²) in [7, 11) is 3.79. The zero-order chi connectivity index (χ0) is 18.7. The molecule has 2 unspecified atom stereocenters. The Hall–Kier alpha value is -2.83. The van der Waals surface area contributed by atoms with Gasteiger partial charge in [-0.1, -0.05) is 5.16 Å². The fourth-order valence-electron chi connectivity index (χ4n) is 4.16. The van der Waals surface area contributed by atoms with Crippen molar-refractivity contribution in [3.8, 4) is 11.1 Å². The minimum absolute atomic E-state index is 0.115. The molecule has 26 heavy (non-hydrogen) atoms. The maximum Gasteiger partial charge on any atom is 0.326 e. The summed E-state index contributed by atoms with van der Waals surface area (Å²) in [5.41, 5.74) is 6.58. The average molecular weight is 353 g/mol. The van der Waals surface area contributed by atoms with Crippen molar-refractivity contribution in [1.29, 1.82) is 0 Å². The Kier molecular flexibility index (Phi) is 3.57. The molecule has 0 bridgehead atoms. The van der Waals surface area contributed by atoms with Crippen LogP contribution < -0.4 is 5.69 Å². The highest BCUT2D eigenvalue weighted by Gasteiger charge is 2.33. The molecule has 0 saturated carbocycles. The molecule has 0 fully saturated rings. The fraction of sp³-hybridized carbons (Fsp3) is 0.421. The SMILES string of the molecule is CC1=NN(C)C(C)C1c1cc(-c2c(C)noc2C)cc2[nH]c(=O)n(C)c12. The number of nitrogens with one attached hydrogen (secondary N) is 1. The van der Waals surface area contributed by atoms with Gasteiger partial charge in [0.05, 0.1) is 22.8 Å². The number of aromatic nitrogens is 3. The summed E-state index contributed by atoms with van der Waals surface area (Å²) in [6.45, 7) is 8.04. The summed E-state index contributed by atoms with van der Waals surface area (Å²) in [5, 5.41) is 10.7. The third-order valence-corrected chi connectivity index (χ3v) is 5.52. The zero-order valence-corrected chi connectivity index (χ0v) is 15.9. The first kappa shape index (κ1) is 16.6. The summed E-state index contributed by atoms with van der Waals surface area (Å²) >= 11 is 0. The number of rotatable bonds is 2. The van der Waals surface area contributed by atoms with Gasteiger partial charge in [-0.25, -0.2) is 4.79 Å². The van der Waals surface area contributed by atoms with Crippen molar-refractivity contribution in [3.63, 3.8) is 0 Å². The van der Waals surface area contributed by atoms with E-state index in [4.69, 9.17) is 4.52 Å². The van der Waals surface area contributed by atoms with Gasteiger partial charge >= 0.3 is 5.69 Å². The molecular weight excluding hydrogens is 330 g/mol. The molecule has 3 heterocycles. The predicted molar refractivity (Wildman–Crippen MR) is 102 cm³/mol. The van der Waals surface area contributed by atoms with E-state index in [0.717, 1.165) is 44.9 Å². The molecule has 0 radical (unpaired) electrons. The predicted octanol–water partition coefficient (Wildman–Crippen LogP) is 2.93. The van der Waals surface area contributed by atoms with Gasteiger partial charge < -0.3 is 9.51 Å². The first-order valence-corrected chi connectivity index (χ1v) is 8.73. The van der Waals surface area contributed by atoms with Crippen LogP contribution in [-0.4, -0.2) is 38.5 Å². The molecule has 1 aromatic carbocycles. The maximum atomic E-state index is 12.3. The van der Waals surface area contributed by atoms with Crippen LogP contribution in [0, 0.1) is 13.8 Å². The lowest BCUT2D eigenvalue weighted by molar-refractivity contribution is 0.289. The van der Waals surface area contributed by atoms with Gasteiger partial charge in [-0.15, -0.1) is 0 Å². The van der Waals surface area contributed by atoms with E-state index >= 15 is 0 Å². The van der Waals surface area contributed by atoms with Crippen molar-refractivity contribution < 1.29 is 4.52 Å². The van der Waals surface area contributed by atoms with Gasteiger partial charge in [0.25, 0.3) is 0 Å². The van der Waals surface area contributed by atoms with E-state index in [1.807, 2.05) is 38.9 Å². The normalized spacial score (nSPS) is 20.2. The van der Waals surface area contributed by atoms with E-state index in [1.165, 1.54) is 0 Å². The van der Waals surface area contributed by atoms with Gasteiger partial charge in [0.15, 0.2) is 0 Å². The second kappa shape index (κ2) is 5.59. The standard InChI is InChI=1S/C19H23N5O2/c1-9-16(11(3)24(6)21-9)14-7-13(17-10(2)22-26-12(17)4)8-15-18(14)23(5)19(25)20-15/h7-8,11,16H,1-6H3,(H,20,25). The highest BCUT2D eigenvalue weighted by Crippen LogP contribution is 2.38. The number of aryl methyl sites for hydroxylation is 3. The Balaban J connectivity index is 2.05. The van der Waals surface area contributed by atoms with Crippen molar-refractivity contribution in [2.75, 3.05) is 7.05 Å². The molecule has 1 aliphatic rings. The Bertz CT molecular complexity index is 1080. The molecular formula is C19H23N5O2. The molecule has 0 spiro atoms. The molecule has 4 rings (SSSR count). The van der Waals surface area contributed by atoms with Gasteiger partial charge in [-0.05, 0) is 51.0 Å². The Morgan fingerprint density at radius 3 is 2.50 bits per heavy atom. The Labute approximate surface area is 151 Å². The minimum atomic E-state index is -0.120. The van der Waals surface area contributed by atoms with Gasteiger partial charge in [0, 0.05) is 31.3 Å². The number of hydrazone groups is 1. The number of hydrogen-bond donors (Lipinski definition) is 1. The lowest BCUT2D eigenvalue weighted by Crippen LogP contribution is -2.26. The number of nitrogens with zero attached hydrogens (tertiary/aromatic N) is 4. The largest absolute Gasteiger partial charge is 0.361 e. The smallest absolute Gasteiger partial charge is 0.326 e. The maximum absolute atomic E-state index is 12.3. The van der Waals surface area contributed by atoms with Crippen LogP contribution in [0.1, 0.15) is 36.8 Å². The van der Waals surface area contributed by atoms with Crippen LogP contribution in [-0.2, 0) is 7.05 Å². The monoisotopic (exact) mass is 353 g/mol. The van der Waals surface area contributed by atoms with Crippen LogP contribution in [0.15, 0.2) is 26.6 Å². The number of aromatic amines is 1. The van der Waals surface area contributed by atoms with Gasteiger partial charge in [-0.3, -0.25) is 9.58 Å². The molecule has 2 aromatic heterocycles. The molecule has 3 aromatic rings. The number of hydrogen-bond acceptors (Lipinski definition) is 5. The topological polar surface area (TPSA) is 79.4 Å². The van der Waals surface area contributed by atoms with Crippen molar-refractivity contribution >= 4 is 16.7 Å². The van der Waals surface area contributed by atoms with Gasteiger partial charge in [-0.2, -0.15) is 5.10 Å². The van der Waals surface area contributed by atoms with E-state index in [2.05, 4.69) is 28.2 Å². The second-order valence-corrected chi connectivity index (χ2v) is 7.18. The van der Waals surface area contributed by atoms with Crippen molar-refractivity contribution in [3.05, 3.63) is 39.6 Å². The molecule has 7 heteroatoms. The number of likely N-dealkylation sites (N-methyl/N-ethyl adjacent to an activating group) is 1. The van der Waals surface area contributed by atoms with Crippen molar-refractivity contribution in [2.45, 2.75) is 39.7 Å². The van der Waals surface area contributed by atoms with Crippen molar-refractivity contribution in [1.82, 2.24) is 19.7 Å². The van der Waals surface area contributed by atoms with Crippen LogP contribution in [0.25, 0.3) is 22.2 Å².